The van der Waals surface area contributed by atoms with E-state index in [4.69, 9.17) is 22.7 Å². The maximum absolute atomic E-state index is 12.1. The molecule has 138 valence electrons. The zero-order valence-electron chi connectivity index (χ0n) is 15.2. The van der Waals surface area contributed by atoms with Gasteiger partial charge in [-0.15, -0.1) is 0 Å². The lowest BCUT2D eigenvalue weighted by Gasteiger charge is -2.33. The highest BCUT2D eigenvalue weighted by Gasteiger charge is 2.26. The van der Waals surface area contributed by atoms with Crippen molar-refractivity contribution >= 4 is 34.8 Å². The number of likely N-dealkylation sites (tertiary alicyclic amines) is 1. The van der Waals surface area contributed by atoms with Gasteiger partial charge in [0.05, 0.1) is 11.4 Å². The van der Waals surface area contributed by atoms with Gasteiger partial charge in [-0.3, -0.25) is 0 Å². The highest BCUT2D eigenvalue weighted by molar-refractivity contribution is 7.80. The van der Waals surface area contributed by atoms with Gasteiger partial charge >= 0.3 is 6.09 Å². The first-order chi connectivity index (χ1) is 11.7. The van der Waals surface area contributed by atoms with E-state index in [1.165, 1.54) is 0 Å². The molecule has 0 bridgehead atoms. The Labute approximate surface area is 155 Å². The Balaban J connectivity index is 1.81. The average molecular weight is 365 g/mol. The molecule has 1 fully saturated rings. The van der Waals surface area contributed by atoms with Crippen LogP contribution < -0.4 is 16.4 Å². The number of nitrogens with zero attached hydrogens (tertiary/aromatic N) is 1. The van der Waals surface area contributed by atoms with Crippen molar-refractivity contribution in [2.75, 3.05) is 30.3 Å². The molecule has 0 saturated carbocycles. The molecule has 0 spiro atoms. The first kappa shape index (κ1) is 19.3. The van der Waals surface area contributed by atoms with E-state index in [-0.39, 0.29) is 11.2 Å². The fourth-order valence-electron chi connectivity index (χ4n) is 2.78. The second-order valence-corrected chi connectivity index (χ2v) is 7.77. The van der Waals surface area contributed by atoms with E-state index in [0.717, 1.165) is 43.9 Å². The summed E-state index contributed by atoms with van der Waals surface area (Å²) in [5.74, 6) is 0.511. The number of para-hydroxylation sites is 2. The third-order valence-corrected chi connectivity index (χ3v) is 4.13. The highest BCUT2D eigenvalue weighted by Crippen LogP contribution is 2.24. The Kier molecular flexibility index (Phi) is 6.47. The summed E-state index contributed by atoms with van der Waals surface area (Å²) in [6, 6.07) is 7.84. The number of nitrogens with one attached hydrogen (secondary N) is 2. The summed E-state index contributed by atoms with van der Waals surface area (Å²) in [7, 11) is 0. The van der Waals surface area contributed by atoms with Gasteiger partial charge in [0, 0.05) is 19.6 Å². The number of anilines is 2. The lowest BCUT2D eigenvalue weighted by molar-refractivity contribution is 0.0188. The molecule has 6 nitrogen and oxygen atoms in total. The minimum Gasteiger partial charge on any atom is -0.444 e. The monoisotopic (exact) mass is 364 g/mol. The van der Waals surface area contributed by atoms with Gasteiger partial charge in [-0.1, -0.05) is 12.1 Å². The van der Waals surface area contributed by atoms with Crippen molar-refractivity contribution in [3.8, 4) is 0 Å². The predicted octanol–water partition coefficient (Wildman–Crippen LogP) is 3.40. The van der Waals surface area contributed by atoms with Gasteiger partial charge in [-0.2, -0.15) is 0 Å². The van der Waals surface area contributed by atoms with Crippen molar-refractivity contribution in [3.63, 3.8) is 0 Å². The third-order valence-electron chi connectivity index (χ3n) is 4.03. The van der Waals surface area contributed by atoms with E-state index < -0.39 is 5.60 Å². The van der Waals surface area contributed by atoms with Crippen LogP contribution in [0.5, 0.6) is 0 Å². The van der Waals surface area contributed by atoms with Crippen LogP contribution in [0.3, 0.4) is 0 Å². The normalized spacial score (nSPS) is 15.6. The van der Waals surface area contributed by atoms with E-state index in [1.807, 2.05) is 45.0 Å². The Morgan fingerprint density at radius 3 is 2.44 bits per heavy atom. The minimum absolute atomic E-state index is 0.218. The SMILES string of the molecule is CC(C)(C)OC(=O)N1CCC(CNc2ccccc2NC(N)=S)CC1. The smallest absolute Gasteiger partial charge is 0.410 e. The number of thiocarbonyl (C=S) groups is 1. The fraction of sp³-hybridized carbons (Fsp3) is 0.556. The highest BCUT2D eigenvalue weighted by atomic mass is 32.1. The van der Waals surface area contributed by atoms with E-state index in [9.17, 15) is 4.79 Å². The maximum atomic E-state index is 12.1. The van der Waals surface area contributed by atoms with Crippen LogP contribution in [0.15, 0.2) is 24.3 Å². The number of ether oxygens (including phenoxy) is 1. The summed E-state index contributed by atoms with van der Waals surface area (Å²) < 4.78 is 5.43. The summed E-state index contributed by atoms with van der Waals surface area (Å²) in [5, 5.41) is 6.69. The van der Waals surface area contributed by atoms with Crippen LogP contribution in [0.2, 0.25) is 0 Å². The van der Waals surface area contributed by atoms with Crippen LogP contribution in [0.25, 0.3) is 0 Å². The van der Waals surface area contributed by atoms with Crippen molar-refractivity contribution in [1.29, 1.82) is 0 Å². The molecule has 0 atom stereocenters. The van der Waals surface area contributed by atoms with Gasteiger partial charge in [0.25, 0.3) is 0 Å². The summed E-state index contributed by atoms with van der Waals surface area (Å²) >= 11 is 4.91. The molecule has 1 aromatic rings. The molecule has 0 unspecified atom stereocenters. The van der Waals surface area contributed by atoms with Gasteiger partial charge in [0.2, 0.25) is 0 Å². The van der Waals surface area contributed by atoms with Crippen molar-refractivity contribution in [1.82, 2.24) is 4.90 Å². The number of benzene rings is 1. The van der Waals surface area contributed by atoms with Gasteiger partial charge in [0.15, 0.2) is 5.11 Å². The molecule has 4 N–H and O–H groups in total. The van der Waals surface area contributed by atoms with E-state index >= 15 is 0 Å². The van der Waals surface area contributed by atoms with Gasteiger partial charge in [0.1, 0.15) is 5.60 Å². The zero-order chi connectivity index (χ0) is 18.4. The van der Waals surface area contributed by atoms with E-state index in [2.05, 4.69) is 10.6 Å². The fourth-order valence-corrected chi connectivity index (χ4v) is 2.89. The third kappa shape index (κ3) is 6.42. The van der Waals surface area contributed by atoms with Crippen LogP contribution in [0.4, 0.5) is 16.2 Å². The van der Waals surface area contributed by atoms with Gasteiger partial charge < -0.3 is 26.0 Å². The average Bonchev–Trinajstić information content (AvgIpc) is 2.52. The first-order valence-electron chi connectivity index (χ1n) is 8.62. The number of carbonyl (C=O) groups is 1. The first-order valence-corrected chi connectivity index (χ1v) is 9.03. The Morgan fingerprint density at radius 1 is 1.28 bits per heavy atom. The Hall–Kier alpha value is -2.02. The molecule has 1 aliphatic heterocycles. The summed E-state index contributed by atoms with van der Waals surface area (Å²) in [4.78, 5) is 13.9. The quantitative estimate of drug-likeness (QED) is 0.711. The van der Waals surface area contributed by atoms with E-state index in [0.29, 0.717) is 5.92 Å². The lowest BCUT2D eigenvalue weighted by Crippen LogP contribution is -2.42. The standard InChI is InChI=1S/C18H28N4O2S/c1-18(2,3)24-17(23)22-10-8-13(9-11-22)12-20-14-6-4-5-7-15(14)21-16(19)25/h4-7,13,20H,8-12H2,1-3H3,(H3,19,21,25). The number of carbonyl (C=O) groups excluding carboxylic acids is 1. The molecular formula is C18H28N4O2S. The van der Waals surface area contributed by atoms with Crippen molar-refractivity contribution in [3.05, 3.63) is 24.3 Å². The van der Waals surface area contributed by atoms with Crippen LogP contribution in [0, 0.1) is 5.92 Å². The number of rotatable bonds is 4. The minimum atomic E-state index is -0.449. The summed E-state index contributed by atoms with van der Waals surface area (Å²) in [6.45, 7) is 7.97. The zero-order valence-corrected chi connectivity index (χ0v) is 16.0. The molecule has 1 aromatic carbocycles. The molecule has 0 aliphatic carbocycles. The van der Waals surface area contributed by atoms with Crippen molar-refractivity contribution in [2.24, 2.45) is 11.7 Å². The maximum Gasteiger partial charge on any atom is 0.410 e. The molecule has 0 radical (unpaired) electrons. The number of hydrogen-bond donors (Lipinski definition) is 3. The summed E-state index contributed by atoms with van der Waals surface area (Å²) in [6.07, 6.45) is 1.69. The molecule has 2 rings (SSSR count). The predicted molar refractivity (Wildman–Crippen MR) is 106 cm³/mol. The van der Waals surface area contributed by atoms with Crippen LogP contribution in [-0.4, -0.2) is 41.3 Å². The van der Waals surface area contributed by atoms with Crippen LogP contribution in [0.1, 0.15) is 33.6 Å². The van der Waals surface area contributed by atoms with Crippen molar-refractivity contribution in [2.45, 2.75) is 39.2 Å². The molecule has 1 saturated heterocycles. The number of piperidine rings is 1. The molecule has 1 amide bonds. The van der Waals surface area contributed by atoms with Gasteiger partial charge in [-0.05, 0) is 63.9 Å². The van der Waals surface area contributed by atoms with E-state index in [1.54, 1.807) is 4.90 Å². The topological polar surface area (TPSA) is 79.6 Å². The molecule has 1 heterocycles. The molecule has 0 aromatic heterocycles. The molecule has 1 aliphatic rings. The number of amides is 1. The molecule has 7 heteroatoms. The Morgan fingerprint density at radius 2 is 1.88 bits per heavy atom. The summed E-state index contributed by atoms with van der Waals surface area (Å²) in [5.41, 5.74) is 6.97. The van der Waals surface area contributed by atoms with Crippen LogP contribution >= 0.6 is 12.2 Å². The number of hydrogen-bond acceptors (Lipinski definition) is 4. The van der Waals surface area contributed by atoms with Gasteiger partial charge in [-0.25, -0.2) is 4.79 Å². The second-order valence-electron chi connectivity index (χ2n) is 7.33. The molecular weight excluding hydrogens is 336 g/mol. The van der Waals surface area contributed by atoms with Crippen molar-refractivity contribution < 1.29 is 9.53 Å². The molecule has 25 heavy (non-hydrogen) atoms. The lowest BCUT2D eigenvalue weighted by atomic mass is 9.97. The largest absolute Gasteiger partial charge is 0.444 e. The number of nitrogens with two attached hydrogens (primary N) is 1. The van der Waals surface area contributed by atoms with Crippen LogP contribution in [-0.2, 0) is 4.74 Å². The Bertz CT molecular complexity index is 607. The second kappa shape index (κ2) is 8.38.